The van der Waals surface area contributed by atoms with Gasteiger partial charge in [0.05, 0.1) is 26.4 Å². The largest absolute Gasteiger partial charge is 0.472 e. The zero-order chi connectivity index (χ0) is 75.1. The van der Waals surface area contributed by atoms with E-state index in [-0.39, 0.29) is 25.7 Å². The van der Waals surface area contributed by atoms with Gasteiger partial charge in [-0.25, -0.2) is 9.13 Å². The first-order chi connectivity index (χ1) is 49.2. The van der Waals surface area contributed by atoms with Crippen molar-refractivity contribution in [3.05, 3.63) is 0 Å². The highest BCUT2D eigenvalue weighted by molar-refractivity contribution is 7.47. The van der Waals surface area contributed by atoms with Crippen LogP contribution in [-0.4, -0.2) is 96.7 Å². The predicted octanol–water partition coefficient (Wildman–Crippen LogP) is 24.9. The number of esters is 4. The molecule has 0 radical (unpaired) electrons. The van der Waals surface area contributed by atoms with Crippen molar-refractivity contribution in [2.24, 2.45) is 17.8 Å². The topological polar surface area (TPSA) is 237 Å². The molecule has 0 spiro atoms. The molecule has 2 unspecified atom stereocenters. The molecule has 0 aromatic rings. The third-order valence-corrected chi connectivity index (χ3v) is 21.3. The van der Waals surface area contributed by atoms with Gasteiger partial charge in [0.25, 0.3) is 0 Å². The molecule has 17 nitrogen and oxygen atoms in total. The van der Waals surface area contributed by atoms with Crippen LogP contribution in [0.3, 0.4) is 0 Å². The summed E-state index contributed by atoms with van der Waals surface area (Å²) in [6.45, 7) is 12.0. The molecule has 0 bridgehead atoms. The molecule has 0 aliphatic heterocycles. The number of unbranched alkanes of at least 4 members (excludes halogenated alkanes) is 49. The molecule has 0 heterocycles. The highest BCUT2D eigenvalue weighted by Crippen LogP contribution is 2.45. The summed E-state index contributed by atoms with van der Waals surface area (Å²) < 4.78 is 68.8. The molecule has 19 heteroatoms. The highest BCUT2D eigenvalue weighted by atomic mass is 31.2. The lowest BCUT2D eigenvalue weighted by atomic mass is 10.0. The first kappa shape index (κ1) is 100. The van der Waals surface area contributed by atoms with Gasteiger partial charge in [-0.1, -0.05) is 382 Å². The Hall–Kier alpha value is -1.94. The van der Waals surface area contributed by atoms with Crippen molar-refractivity contribution < 1.29 is 80.2 Å². The van der Waals surface area contributed by atoms with E-state index in [1.54, 1.807) is 0 Å². The first-order valence-electron chi connectivity index (χ1n) is 42.8. The molecule has 0 aromatic heterocycles. The Morgan fingerprint density at radius 1 is 0.265 bits per heavy atom. The second-order valence-corrected chi connectivity index (χ2v) is 34.2. The van der Waals surface area contributed by atoms with Crippen LogP contribution in [0.2, 0.25) is 0 Å². The van der Waals surface area contributed by atoms with E-state index in [0.717, 1.165) is 108 Å². The SMILES string of the molecule is CCCCCCCCCCCCCCC(=O)OC[C@H](COP(=O)(O)OC[C@H](O)COP(=O)(O)OC[C@@H](COC(=O)CCCCCCCCCCCCCCCCC(C)C)OC(=O)CCCCCCCCCCCCCCCCCC(C)C)OC(=O)CCCCCCCCCCCCCCC(C)C. The first-order valence-corrected chi connectivity index (χ1v) is 45.8. The van der Waals surface area contributed by atoms with E-state index < -0.39 is 97.5 Å². The molecular formula is C83H162O17P2. The second kappa shape index (κ2) is 73.2. The van der Waals surface area contributed by atoms with Crippen molar-refractivity contribution >= 4 is 39.5 Å². The summed E-state index contributed by atoms with van der Waals surface area (Å²) in [5, 5.41) is 10.7. The number of ether oxygens (including phenoxy) is 4. The lowest BCUT2D eigenvalue weighted by molar-refractivity contribution is -0.161. The van der Waals surface area contributed by atoms with Gasteiger partial charge in [-0.2, -0.15) is 0 Å². The van der Waals surface area contributed by atoms with Crippen LogP contribution in [0.25, 0.3) is 0 Å². The zero-order valence-electron chi connectivity index (χ0n) is 67.1. The fourth-order valence-corrected chi connectivity index (χ4v) is 14.4. The lowest BCUT2D eigenvalue weighted by Crippen LogP contribution is -2.30. The van der Waals surface area contributed by atoms with E-state index in [1.165, 1.54) is 244 Å². The van der Waals surface area contributed by atoms with E-state index in [1.807, 2.05) is 0 Å². The minimum Gasteiger partial charge on any atom is -0.462 e. The number of rotatable bonds is 81. The molecule has 3 N–H and O–H groups in total. The Bertz CT molecular complexity index is 1970. The van der Waals surface area contributed by atoms with Gasteiger partial charge in [0, 0.05) is 25.7 Å². The van der Waals surface area contributed by atoms with Gasteiger partial charge in [-0.15, -0.1) is 0 Å². The Kier molecular flexibility index (Phi) is 71.8. The molecule has 102 heavy (non-hydrogen) atoms. The van der Waals surface area contributed by atoms with Crippen LogP contribution in [0.1, 0.15) is 434 Å². The zero-order valence-corrected chi connectivity index (χ0v) is 68.9. The average Bonchev–Trinajstić information content (AvgIpc) is 0.931. The molecule has 0 fully saturated rings. The Morgan fingerprint density at radius 2 is 0.451 bits per heavy atom. The summed E-state index contributed by atoms with van der Waals surface area (Å²) in [4.78, 5) is 73.1. The van der Waals surface area contributed by atoms with Gasteiger partial charge in [0.1, 0.15) is 19.3 Å². The van der Waals surface area contributed by atoms with Crippen molar-refractivity contribution in [3.8, 4) is 0 Å². The van der Waals surface area contributed by atoms with Crippen molar-refractivity contribution in [2.75, 3.05) is 39.6 Å². The molecule has 0 saturated carbocycles. The number of hydrogen-bond acceptors (Lipinski definition) is 15. The summed E-state index contributed by atoms with van der Waals surface area (Å²) in [6, 6.07) is 0. The highest BCUT2D eigenvalue weighted by Gasteiger charge is 2.30. The Labute approximate surface area is 626 Å². The van der Waals surface area contributed by atoms with Crippen LogP contribution in [-0.2, 0) is 65.4 Å². The van der Waals surface area contributed by atoms with Crippen LogP contribution in [0, 0.1) is 17.8 Å². The number of aliphatic hydroxyl groups excluding tert-OH is 1. The number of carbonyl (C=O) groups is 4. The van der Waals surface area contributed by atoms with Gasteiger partial charge in [0.2, 0.25) is 0 Å². The number of carbonyl (C=O) groups excluding carboxylic acids is 4. The Balaban J connectivity index is 5.27. The molecule has 606 valence electrons. The average molecular weight is 1490 g/mol. The normalized spacial score (nSPS) is 13.9. The maximum absolute atomic E-state index is 13.1. The second-order valence-electron chi connectivity index (χ2n) is 31.3. The van der Waals surface area contributed by atoms with E-state index >= 15 is 0 Å². The molecule has 0 rings (SSSR count). The molecule has 0 aromatic carbocycles. The van der Waals surface area contributed by atoms with Crippen LogP contribution < -0.4 is 0 Å². The van der Waals surface area contributed by atoms with Crippen molar-refractivity contribution in [1.29, 1.82) is 0 Å². The van der Waals surface area contributed by atoms with Crippen LogP contribution in [0.5, 0.6) is 0 Å². The number of hydrogen-bond donors (Lipinski definition) is 3. The lowest BCUT2D eigenvalue weighted by Gasteiger charge is -2.21. The van der Waals surface area contributed by atoms with Gasteiger partial charge in [-0.05, 0) is 43.4 Å². The third-order valence-electron chi connectivity index (χ3n) is 19.4. The number of phosphoric ester groups is 2. The van der Waals surface area contributed by atoms with E-state index in [0.29, 0.717) is 25.7 Å². The summed E-state index contributed by atoms with van der Waals surface area (Å²) in [6.07, 6.45) is 62.3. The molecule has 0 aliphatic carbocycles. The van der Waals surface area contributed by atoms with Gasteiger partial charge < -0.3 is 33.8 Å². The fourth-order valence-electron chi connectivity index (χ4n) is 12.8. The maximum atomic E-state index is 13.1. The van der Waals surface area contributed by atoms with Crippen LogP contribution >= 0.6 is 15.6 Å². The number of aliphatic hydroxyl groups is 1. The van der Waals surface area contributed by atoms with Gasteiger partial charge >= 0.3 is 39.5 Å². The molecule has 0 aliphatic rings. The number of phosphoric acid groups is 2. The Morgan fingerprint density at radius 3 is 0.667 bits per heavy atom. The van der Waals surface area contributed by atoms with Crippen LogP contribution in [0.15, 0.2) is 0 Å². The summed E-state index contributed by atoms with van der Waals surface area (Å²) in [5.41, 5.74) is 0. The van der Waals surface area contributed by atoms with E-state index in [9.17, 15) is 43.2 Å². The molecular weight excluding hydrogens is 1330 g/mol. The third kappa shape index (κ3) is 76.3. The summed E-state index contributed by atoms with van der Waals surface area (Å²) in [5.74, 6) is 0.273. The molecule has 5 atom stereocenters. The van der Waals surface area contributed by atoms with Crippen LogP contribution in [0.4, 0.5) is 0 Å². The smallest absolute Gasteiger partial charge is 0.462 e. The minimum absolute atomic E-state index is 0.107. The summed E-state index contributed by atoms with van der Waals surface area (Å²) >= 11 is 0. The minimum atomic E-state index is -4.96. The van der Waals surface area contributed by atoms with E-state index in [4.69, 9.17) is 37.0 Å². The van der Waals surface area contributed by atoms with Crippen molar-refractivity contribution in [2.45, 2.75) is 452 Å². The predicted molar refractivity (Wildman–Crippen MR) is 418 cm³/mol. The maximum Gasteiger partial charge on any atom is 0.472 e. The molecule has 0 amide bonds. The van der Waals surface area contributed by atoms with E-state index in [2.05, 4.69) is 48.5 Å². The monoisotopic (exact) mass is 1490 g/mol. The standard InChI is InChI=1S/C83H162O17P2/c1-8-9-10-11-12-13-14-29-36-43-50-57-64-80(85)93-70-78(100-83(88)67-60-53-46-39-32-25-24-28-35-42-49-56-63-76(6)7)72-97-101(89,90)95-68-77(84)69-96-102(91,92)98-73-79(71-94-81(86)65-58-51-44-37-30-22-19-18-21-27-34-41-48-55-62-75(4)5)99-82(87)66-59-52-45-38-31-23-17-15-16-20-26-33-40-47-54-61-74(2)3/h74-79,84H,8-73H2,1-7H3,(H,89,90)(H,91,92)/t77-,78+,79+/m0/s1. The van der Waals surface area contributed by atoms with Crippen molar-refractivity contribution in [3.63, 3.8) is 0 Å². The van der Waals surface area contributed by atoms with Crippen molar-refractivity contribution in [1.82, 2.24) is 0 Å². The van der Waals surface area contributed by atoms with Gasteiger partial charge in [0.15, 0.2) is 12.2 Å². The molecule has 0 saturated heterocycles. The van der Waals surface area contributed by atoms with Gasteiger partial charge in [-0.3, -0.25) is 37.3 Å². The quantitative estimate of drug-likeness (QED) is 0.0222. The summed E-state index contributed by atoms with van der Waals surface area (Å²) in [7, 11) is -9.92. The fraction of sp³-hybridized carbons (Fsp3) is 0.952.